The number of halogens is 1. The van der Waals surface area contributed by atoms with Crippen LogP contribution in [0.3, 0.4) is 0 Å². The van der Waals surface area contributed by atoms with Crippen LogP contribution < -0.4 is 0 Å². The van der Waals surface area contributed by atoms with Crippen LogP contribution in [0.1, 0.15) is 40.5 Å². The number of hydrogen-bond donors (Lipinski definition) is 0. The van der Waals surface area contributed by atoms with E-state index in [9.17, 15) is 0 Å². The van der Waals surface area contributed by atoms with Gasteiger partial charge in [0.2, 0.25) is 0 Å². The average molecular weight is 297 g/mol. The lowest BCUT2D eigenvalue weighted by Crippen LogP contribution is -2.60. The van der Waals surface area contributed by atoms with Crippen molar-refractivity contribution in [1.82, 2.24) is 5.06 Å². The number of hydrogen-bond acceptors (Lipinski definition) is 2. The summed E-state index contributed by atoms with van der Waals surface area (Å²) in [6.45, 7) is 9.01. The molecule has 1 aliphatic heterocycles. The Bertz CT molecular complexity index is 173. The normalized spacial score (nSPS) is 29.1. The van der Waals surface area contributed by atoms with E-state index in [-0.39, 0.29) is 11.1 Å². The Hall–Kier alpha value is 0.650. The SMILES string of the molecule is CON1C(C)(C)CC(I)CC1(C)C. The van der Waals surface area contributed by atoms with Crippen LogP contribution in [0, 0.1) is 0 Å². The van der Waals surface area contributed by atoms with Crippen LogP contribution in [-0.2, 0) is 4.84 Å². The Labute approximate surface area is 95.1 Å². The summed E-state index contributed by atoms with van der Waals surface area (Å²) >= 11 is 2.55. The van der Waals surface area contributed by atoms with E-state index >= 15 is 0 Å². The lowest BCUT2D eigenvalue weighted by molar-refractivity contribution is -0.261. The lowest BCUT2D eigenvalue weighted by Gasteiger charge is -2.52. The molecule has 0 aromatic rings. The number of nitrogens with zero attached hydrogens (tertiary/aromatic N) is 1. The quantitative estimate of drug-likeness (QED) is 0.545. The maximum atomic E-state index is 5.50. The van der Waals surface area contributed by atoms with Gasteiger partial charge in [-0.3, -0.25) is 0 Å². The molecule has 78 valence electrons. The summed E-state index contributed by atoms with van der Waals surface area (Å²) in [5.74, 6) is 0. The molecule has 0 aromatic carbocycles. The second-order valence-electron chi connectivity index (χ2n) is 5.11. The highest BCUT2D eigenvalue weighted by Gasteiger charge is 2.45. The van der Waals surface area contributed by atoms with Gasteiger partial charge in [0.1, 0.15) is 0 Å². The Balaban J connectivity index is 2.88. The van der Waals surface area contributed by atoms with E-state index in [0.29, 0.717) is 0 Å². The molecule has 0 spiro atoms. The van der Waals surface area contributed by atoms with E-state index in [0.717, 1.165) is 3.92 Å². The van der Waals surface area contributed by atoms with Crippen molar-refractivity contribution in [3.05, 3.63) is 0 Å². The van der Waals surface area contributed by atoms with Crippen molar-refractivity contribution in [2.75, 3.05) is 7.11 Å². The summed E-state index contributed by atoms with van der Waals surface area (Å²) in [6, 6.07) is 0. The predicted molar refractivity (Wildman–Crippen MR) is 64.0 cm³/mol. The third kappa shape index (κ3) is 2.36. The maximum Gasteiger partial charge on any atom is 0.0575 e. The molecule has 0 atom stereocenters. The molecule has 0 unspecified atom stereocenters. The summed E-state index contributed by atoms with van der Waals surface area (Å²) in [5.41, 5.74) is 0.310. The molecular formula is C10H20INO. The maximum absolute atomic E-state index is 5.50. The minimum Gasteiger partial charge on any atom is -0.301 e. The molecule has 0 radical (unpaired) electrons. The smallest absolute Gasteiger partial charge is 0.0575 e. The number of alkyl halides is 1. The van der Waals surface area contributed by atoms with Crippen molar-refractivity contribution in [3.8, 4) is 0 Å². The van der Waals surface area contributed by atoms with Gasteiger partial charge in [0.15, 0.2) is 0 Å². The first kappa shape index (κ1) is 11.7. The van der Waals surface area contributed by atoms with Crippen LogP contribution in [0.2, 0.25) is 0 Å². The summed E-state index contributed by atoms with van der Waals surface area (Å²) in [7, 11) is 1.77. The average Bonchev–Trinajstić information content (AvgIpc) is 1.79. The summed E-state index contributed by atoms with van der Waals surface area (Å²) in [4.78, 5) is 5.50. The Kier molecular flexibility index (Phi) is 3.30. The second kappa shape index (κ2) is 3.66. The van der Waals surface area contributed by atoms with Crippen molar-refractivity contribution in [2.45, 2.75) is 55.5 Å². The molecule has 1 saturated heterocycles. The summed E-state index contributed by atoms with van der Waals surface area (Å²) in [5, 5.41) is 2.15. The first-order valence-electron chi connectivity index (χ1n) is 4.78. The van der Waals surface area contributed by atoms with Gasteiger partial charge in [-0.2, -0.15) is 5.06 Å². The second-order valence-corrected chi connectivity index (χ2v) is 6.87. The van der Waals surface area contributed by atoms with E-state index in [2.05, 4.69) is 55.3 Å². The Morgan fingerprint density at radius 1 is 1.15 bits per heavy atom. The van der Waals surface area contributed by atoms with Crippen molar-refractivity contribution >= 4 is 22.6 Å². The van der Waals surface area contributed by atoms with Crippen molar-refractivity contribution in [3.63, 3.8) is 0 Å². The number of piperidine rings is 1. The van der Waals surface area contributed by atoms with E-state index in [4.69, 9.17) is 4.84 Å². The molecule has 0 aromatic heterocycles. The minimum atomic E-state index is 0.155. The third-order valence-corrected chi connectivity index (χ3v) is 3.60. The molecule has 0 amide bonds. The molecular weight excluding hydrogens is 277 g/mol. The van der Waals surface area contributed by atoms with Crippen molar-refractivity contribution < 1.29 is 4.84 Å². The predicted octanol–water partition coefficient (Wildman–Crippen LogP) is 3.00. The Morgan fingerprint density at radius 2 is 1.54 bits per heavy atom. The highest BCUT2D eigenvalue weighted by molar-refractivity contribution is 14.1. The van der Waals surface area contributed by atoms with Crippen LogP contribution in [0.15, 0.2) is 0 Å². The first-order chi connectivity index (χ1) is 5.79. The molecule has 2 nitrogen and oxygen atoms in total. The third-order valence-electron chi connectivity index (χ3n) is 2.72. The van der Waals surface area contributed by atoms with Gasteiger partial charge in [-0.25, -0.2) is 0 Å². The molecule has 0 aliphatic carbocycles. The fraction of sp³-hybridized carbons (Fsp3) is 1.00. The number of hydroxylamine groups is 2. The highest BCUT2D eigenvalue weighted by Crippen LogP contribution is 2.40. The first-order valence-corrected chi connectivity index (χ1v) is 6.03. The van der Waals surface area contributed by atoms with Crippen LogP contribution in [0.5, 0.6) is 0 Å². The zero-order chi connectivity index (χ0) is 10.3. The van der Waals surface area contributed by atoms with Gasteiger partial charge in [0.25, 0.3) is 0 Å². The molecule has 0 N–H and O–H groups in total. The lowest BCUT2D eigenvalue weighted by atomic mass is 9.82. The monoisotopic (exact) mass is 297 g/mol. The molecule has 3 heteroatoms. The standard InChI is InChI=1S/C10H20INO/c1-9(2)6-8(11)7-10(3,4)12(9)13-5/h8H,6-7H2,1-5H3. The van der Waals surface area contributed by atoms with E-state index in [1.165, 1.54) is 12.8 Å². The molecule has 1 heterocycles. The van der Waals surface area contributed by atoms with Crippen molar-refractivity contribution in [2.24, 2.45) is 0 Å². The molecule has 1 aliphatic rings. The molecule has 13 heavy (non-hydrogen) atoms. The van der Waals surface area contributed by atoms with E-state index in [1.54, 1.807) is 7.11 Å². The van der Waals surface area contributed by atoms with E-state index < -0.39 is 0 Å². The molecule has 1 fully saturated rings. The molecule has 0 bridgehead atoms. The largest absolute Gasteiger partial charge is 0.301 e. The summed E-state index contributed by atoms with van der Waals surface area (Å²) < 4.78 is 0.758. The van der Waals surface area contributed by atoms with Gasteiger partial charge < -0.3 is 4.84 Å². The van der Waals surface area contributed by atoms with Crippen LogP contribution in [0.25, 0.3) is 0 Å². The topological polar surface area (TPSA) is 12.5 Å². The van der Waals surface area contributed by atoms with Crippen molar-refractivity contribution in [1.29, 1.82) is 0 Å². The fourth-order valence-electron chi connectivity index (χ4n) is 2.64. The van der Waals surface area contributed by atoms with Gasteiger partial charge >= 0.3 is 0 Å². The van der Waals surface area contributed by atoms with Crippen LogP contribution >= 0.6 is 22.6 Å². The van der Waals surface area contributed by atoms with Gasteiger partial charge in [-0.05, 0) is 40.5 Å². The van der Waals surface area contributed by atoms with Gasteiger partial charge in [0, 0.05) is 15.0 Å². The van der Waals surface area contributed by atoms with E-state index in [1.807, 2.05) is 0 Å². The van der Waals surface area contributed by atoms with Crippen LogP contribution in [-0.4, -0.2) is 27.2 Å². The zero-order valence-corrected chi connectivity index (χ0v) is 11.4. The fourth-order valence-corrected chi connectivity index (χ4v) is 4.79. The summed E-state index contributed by atoms with van der Waals surface area (Å²) in [6.07, 6.45) is 2.40. The number of rotatable bonds is 1. The van der Waals surface area contributed by atoms with Gasteiger partial charge in [0.05, 0.1) is 7.11 Å². The van der Waals surface area contributed by atoms with Gasteiger partial charge in [-0.15, -0.1) is 0 Å². The van der Waals surface area contributed by atoms with Crippen LogP contribution in [0.4, 0.5) is 0 Å². The minimum absolute atomic E-state index is 0.155. The van der Waals surface area contributed by atoms with Gasteiger partial charge in [-0.1, -0.05) is 22.6 Å². The highest BCUT2D eigenvalue weighted by atomic mass is 127. The zero-order valence-electron chi connectivity index (χ0n) is 9.22. The molecule has 0 saturated carbocycles. The molecule has 1 rings (SSSR count). The Morgan fingerprint density at radius 3 is 1.85 bits per heavy atom.